The van der Waals surface area contributed by atoms with Gasteiger partial charge in [-0.2, -0.15) is 13.2 Å². The fourth-order valence-electron chi connectivity index (χ4n) is 0.869. The Morgan fingerprint density at radius 2 is 2.20 bits per heavy atom. The number of rotatable bonds is 1. The third-order valence-electron chi connectivity index (χ3n) is 1.48. The molecule has 7 heteroatoms. The van der Waals surface area contributed by atoms with E-state index in [1.165, 1.54) is 0 Å². The minimum atomic E-state index is -4.61. The summed E-state index contributed by atoms with van der Waals surface area (Å²) < 4.78 is 41.3. The minimum absolute atomic E-state index is 0.210. The Bertz CT molecular complexity index is 430. The first-order valence-electron chi connectivity index (χ1n) is 3.57. The van der Waals surface area contributed by atoms with Gasteiger partial charge < -0.3 is 4.74 Å². The van der Waals surface area contributed by atoms with E-state index < -0.39 is 22.7 Å². The highest BCUT2D eigenvalue weighted by atomic mass is 32.1. The van der Waals surface area contributed by atoms with E-state index in [2.05, 4.69) is 9.58 Å². The number of carbonyl (C=O) groups is 1. The smallest absolute Gasteiger partial charge is 0.416 e. The van der Waals surface area contributed by atoms with E-state index in [4.69, 9.17) is 6.57 Å². The van der Waals surface area contributed by atoms with Gasteiger partial charge in [0.15, 0.2) is 0 Å². The number of methoxy groups -OCH3 is 1. The maximum Gasteiger partial charge on any atom is 0.416 e. The highest BCUT2D eigenvalue weighted by Crippen LogP contribution is 2.42. The molecule has 0 N–H and O–H groups in total. The number of esters is 1. The van der Waals surface area contributed by atoms with Gasteiger partial charge in [0.1, 0.15) is 9.75 Å². The summed E-state index contributed by atoms with van der Waals surface area (Å²) in [6, 6.07) is 0.881. The van der Waals surface area contributed by atoms with Gasteiger partial charge in [0.05, 0.1) is 13.7 Å². The van der Waals surface area contributed by atoms with Crippen molar-refractivity contribution in [1.29, 1.82) is 0 Å². The lowest BCUT2D eigenvalue weighted by Gasteiger charge is -2.02. The zero-order valence-corrected chi connectivity index (χ0v) is 8.20. The zero-order chi connectivity index (χ0) is 11.6. The summed E-state index contributed by atoms with van der Waals surface area (Å²) in [6.45, 7) is 6.56. The van der Waals surface area contributed by atoms with Crippen molar-refractivity contribution in [3.8, 4) is 0 Å². The Morgan fingerprint density at radius 1 is 1.60 bits per heavy atom. The van der Waals surface area contributed by atoms with Crippen molar-refractivity contribution in [1.82, 2.24) is 0 Å². The lowest BCUT2D eigenvalue weighted by molar-refractivity contribution is -0.133. The quantitative estimate of drug-likeness (QED) is 0.553. The van der Waals surface area contributed by atoms with Crippen molar-refractivity contribution in [2.45, 2.75) is 6.18 Å². The minimum Gasteiger partial charge on any atom is -0.465 e. The zero-order valence-electron chi connectivity index (χ0n) is 7.38. The van der Waals surface area contributed by atoms with Crippen LogP contribution < -0.4 is 0 Å². The van der Waals surface area contributed by atoms with Gasteiger partial charge in [-0.15, -0.1) is 11.3 Å². The first-order valence-corrected chi connectivity index (χ1v) is 4.38. The molecule has 0 bridgehead atoms. The molecule has 80 valence electrons. The van der Waals surface area contributed by atoms with Crippen LogP contribution in [-0.2, 0) is 10.9 Å². The van der Waals surface area contributed by atoms with E-state index in [0.29, 0.717) is 0 Å². The third-order valence-corrected chi connectivity index (χ3v) is 2.63. The number of thiophene rings is 1. The lowest BCUT2D eigenvalue weighted by atomic mass is 10.3. The lowest BCUT2D eigenvalue weighted by Crippen LogP contribution is -2.01. The fraction of sp³-hybridized carbons (Fsp3) is 0.250. The number of hydrogen-bond acceptors (Lipinski definition) is 3. The summed E-state index contributed by atoms with van der Waals surface area (Å²) in [6.07, 6.45) is -4.61. The van der Waals surface area contributed by atoms with Crippen molar-refractivity contribution >= 4 is 23.0 Å². The summed E-state index contributed by atoms with van der Waals surface area (Å²) in [7, 11) is 1.06. The van der Waals surface area contributed by atoms with Gasteiger partial charge in [-0.3, -0.25) is 0 Å². The number of nitrogens with zero attached hydrogens (tertiary/aromatic N) is 1. The van der Waals surface area contributed by atoms with Crippen molar-refractivity contribution in [3.05, 3.63) is 27.2 Å². The Balaban J connectivity index is 3.25. The molecule has 1 heterocycles. The maximum atomic E-state index is 12.3. The fourth-order valence-corrected chi connectivity index (χ4v) is 1.75. The molecule has 1 aromatic rings. The molecule has 0 saturated carbocycles. The van der Waals surface area contributed by atoms with Crippen molar-refractivity contribution in [2.24, 2.45) is 0 Å². The van der Waals surface area contributed by atoms with Crippen LogP contribution in [0.25, 0.3) is 4.85 Å². The molecule has 1 rings (SSSR count). The predicted octanol–water partition coefficient (Wildman–Crippen LogP) is 3.10. The van der Waals surface area contributed by atoms with Crippen molar-refractivity contribution in [3.63, 3.8) is 0 Å². The average Bonchev–Trinajstić information content (AvgIpc) is 2.59. The molecular formula is C8H4F3NO2S. The van der Waals surface area contributed by atoms with Gasteiger partial charge >= 0.3 is 12.1 Å². The van der Waals surface area contributed by atoms with Gasteiger partial charge in [-0.1, -0.05) is 0 Å². The molecule has 0 aliphatic rings. The van der Waals surface area contributed by atoms with Crippen LogP contribution in [0.3, 0.4) is 0 Å². The monoisotopic (exact) mass is 235 g/mol. The van der Waals surface area contributed by atoms with Crippen LogP contribution in [0.4, 0.5) is 18.9 Å². The first kappa shape index (κ1) is 11.5. The molecule has 0 saturated heterocycles. The second-order valence-electron chi connectivity index (χ2n) is 2.43. The van der Waals surface area contributed by atoms with Gasteiger partial charge in [-0.25, -0.2) is 9.64 Å². The van der Waals surface area contributed by atoms with E-state index >= 15 is 0 Å². The molecular weight excluding hydrogens is 231 g/mol. The predicted molar refractivity (Wildman–Crippen MR) is 46.9 cm³/mol. The van der Waals surface area contributed by atoms with E-state index in [1.54, 1.807) is 0 Å². The maximum absolute atomic E-state index is 12.3. The molecule has 1 aromatic heterocycles. The van der Waals surface area contributed by atoms with Crippen LogP contribution in [0.1, 0.15) is 14.5 Å². The number of halogens is 3. The topological polar surface area (TPSA) is 30.7 Å². The van der Waals surface area contributed by atoms with E-state index in [-0.39, 0.29) is 16.2 Å². The third kappa shape index (κ3) is 2.27. The van der Waals surface area contributed by atoms with Crippen LogP contribution >= 0.6 is 11.3 Å². The van der Waals surface area contributed by atoms with Gasteiger partial charge in [0.25, 0.3) is 0 Å². The molecule has 0 amide bonds. The van der Waals surface area contributed by atoms with Crippen LogP contribution in [0.15, 0.2) is 6.07 Å². The van der Waals surface area contributed by atoms with Gasteiger partial charge in [-0.05, 0) is 6.07 Å². The molecule has 3 nitrogen and oxygen atoms in total. The normalized spacial score (nSPS) is 10.9. The van der Waals surface area contributed by atoms with Crippen LogP contribution in [0, 0.1) is 6.57 Å². The highest BCUT2D eigenvalue weighted by Gasteiger charge is 2.36. The molecule has 15 heavy (non-hydrogen) atoms. The molecule has 0 spiro atoms. The van der Waals surface area contributed by atoms with Crippen molar-refractivity contribution < 1.29 is 22.7 Å². The van der Waals surface area contributed by atoms with Gasteiger partial charge in [0, 0.05) is 0 Å². The highest BCUT2D eigenvalue weighted by molar-refractivity contribution is 7.14. The van der Waals surface area contributed by atoms with Crippen LogP contribution in [0.2, 0.25) is 0 Å². The second-order valence-corrected chi connectivity index (χ2v) is 3.48. The summed E-state index contributed by atoms with van der Waals surface area (Å²) in [5.74, 6) is -0.875. The summed E-state index contributed by atoms with van der Waals surface area (Å²) in [5, 5.41) is 0. The number of alkyl halides is 3. The summed E-state index contributed by atoms with van der Waals surface area (Å²) in [5.41, 5.74) is -0.576. The molecule has 0 atom stereocenters. The Labute approximate surface area is 86.9 Å². The van der Waals surface area contributed by atoms with Crippen LogP contribution in [0.5, 0.6) is 0 Å². The van der Waals surface area contributed by atoms with E-state index in [1.807, 2.05) is 0 Å². The Hall–Kier alpha value is -1.55. The molecule has 0 aliphatic heterocycles. The summed E-state index contributed by atoms with van der Waals surface area (Å²) >= 11 is 0.210. The van der Waals surface area contributed by atoms with E-state index in [9.17, 15) is 18.0 Å². The van der Waals surface area contributed by atoms with Gasteiger partial charge in [0.2, 0.25) is 5.69 Å². The Kier molecular flexibility index (Phi) is 3.00. The largest absolute Gasteiger partial charge is 0.465 e. The van der Waals surface area contributed by atoms with Crippen LogP contribution in [-0.4, -0.2) is 13.1 Å². The van der Waals surface area contributed by atoms with E-state index in [0.717, 1.165) is 13.2 Å². The Morgan fingerprint density at radius 3 is 2.53 bits per heavy atom. The molecule has 0 fully saturated rings. The number of ether oxygens (including phenoxy) is 1. The molecule has 0 unspecified atom stereocenters. The molecule has 0 aliphatic carbocycles. The molecule has 0 radical (unpaired) electrons. The molecule has 0 aromatic carbocycles. The first-order chi connectivity index (χ1) is 6.90. The average molecular weight is 235 g/mol. The number of carbonyl (C=O) groups excluding carboxylic acids is 1. The van der Waals surface area contributed by atoms with Crippen molar-refractivity contribution in [2.75, 3.05) is 7.11 Å². The standard InChI is InChI=1S/C8H4F3NO2S/c1-12-4-3-5(7(13)14-2)15-6(4)8(9,10)11/h3H,2H3. The SMILES string of the molecule is [C-]#[N+]c1cc(C(=O)OC)sc1C(F)(F)F. The summed E-state index contributed by atoms with van der Waals surface area (Å²) in [4.78, 5) is 12.3. The second kappa shape index (κ2) is 3.90. The number of hydrogen-bond donors (Lipinski definition) is 0.